The van der Waals surface area contributed by atoms with Crippen molar-refractivity contribution in [2.24, 2.45) is 5.11 Å². The van der Waals surface area contributed by atoms with Crippen LogP contribution in [0.5, 0.6) is 0 Å². The van der Waals surface area contributed by atoms with Gasteiger partial charge in [0.2, 0.25) is 0 Å². The molecule has 26 heavy (non-hydrogen) atoms. The summed E-state index contributed by atoms with van der Waals surface area (Å²) in [6.45, 7) is 1.81. The van der Waals surface area contributed by atoms with Gasteiger partial charge in [-0.05, 0) is 24.1 Å². The van der Waals surface area contributed by atoms with E-state index in [0.29, 0.717) is 6.42 Å². The van der Waals surface area contributed by atoms with E-state index >= 15 is 0 Å². The van der Waals surface area contributed by atoms with Gasteiger partial charge >= 0.3 is 0 Å². The Bertz CT molecular complexity index is 831. The van der Waals surface area contributed by atoms with Crippen LogP contribution in [0.15, 0.2) is 23.4 Å². The molecule has 1 aliphatic heterocycles. The molecule has 0 bridgehead atoms. The summed E-state index contributed by atoms with van der Waals surface area (Å²) in [5, 5.41) is 21.7. The van der Waals surface area contributed by atoms with E-state index in [1.807, 2.05) is 0 Å². The summed E-state index contributed by atoms with van der Waals surface area (Å²) in [4.78, 5) is 2.72. The summed E-state index contributed by atoms with van der Waals surface area (Å²) in [6.07, 6.45) is -0.293. The Hall–Kier alpha value is -2.62. The van der Waals surface area contributed by atoms with Crippen LogP contribution in [0.4, 0.5) is 13.2 Å². The van der Waals surface area contributed by atoms with Crippen LogP contribution in [-0.4, -0.2) is 38.5 Å². The molecule has 0 amide bonds. The smallest absolute Gasteiger partial charge is 0.194 e. The van der Waals surface area contributed by atoms with Crippen molar-refractivity contribution in [3.8, 4) is 11.3 Å². The molecule has 0 saturated carbocycles. The second kappa shape index (κ2) is 7.32. The molecule has 0 aliphatic carbocycles. The Morgan fingerprint density at radius 3 is 2.69 bits per heavy atom. The Morgan fingerprint density at radius 1 is 1.38 bits per heavy atom. The molecule has 8 nitrogen and oxygen atoms in total. The summed E-state index contributed by atoms with van der Waals surface area (Å²) in [7, 11) is 0. The third-order valence-corrected chi connectivity index (χ3v) is 4.26. The molecule has 1 aromatic heterocycles. The lowest BCUT2D eigenvalue weighted by atomic mass is 9.96. The number of halogens is 3. The number of hydrogen-bond acceptors (Lipinski definition) is 5. The minimum atomic E-state index is -1.57. The van der Waals surface area contributed by atoms with Crippen molar-refractivity contribution in [1.29, 1.82) is 0 Å². The number of nitrogens with zero attached hydrogens (tertiary/aromatic N) is 6. The molecule has 0 radical (unpaired) electrons. The standard InChI is InChI=1S/C15H15F3N6O2/c1-2-12-15(25)11(5-13(26-12)21-22-19)24-6-10(20-23-24)7-3-8(16)14(18)9(17)4-7/h3-4,6,11-13,15,25H,2,5H2,1H3/t11-,12-,13-,15+/m1/s1. The van der Waals surface area contributed by atoms with Gasteiger partial charge in [0, 0.05) is 16.9 Å². The fourth-order valence-corrected chi connectivity index (χ4v) is 2.94. The van der Waals surface area contributed by atoms with Crippen molar-refractivity contribution in [2.45, 2.75) is 44.2 Å². The van der Waals surface area contributed by atoms with Gasteiger partial charge in [0.25, 0.3) is 0 Å². The minimum absolute atomic E-state index is 0.00726. The van der Waals surface area contributed by atoms with E-state index in [1.54, 1.807) is 6.92 Å². The molecule has 0 unspecified atom stereocenters. The van der Waals surface area contributed by atoms with E-state index in [0.717, 1.165) is 12.1 Å². The average molecular weight is 368 g/mol. The van der Waals surface area contributed by atoms with Crippen molar-refractivity contribution in [3.63, 3.8) is 0 Å². The van der Waals surface area contributed by atoms with Crippen LogP contribution in [0.3, 0.4) is 0 Å². The molecule has 138 valence electrons. The van der Waals surface area contributed by atoms with E-state index in [-0.39, 0.29) is 17.7 Å². The first-order valence-corrected chi connectivity index (χ1v) is 7.89. The number of hydrogen-bond donors (Lipinski definition) is 1. The van der Waals surface area contributed by atoms with E-state index in [2.05, 4.69) is 20.3 Å². The summed E-state index contributed by atoms with van der Waals surface area (Å²) in [5.41, 5.74) is 8.72. The molecule has 3 rings (SSSR count). The van der Waals surface area contributed by atoms with Gasteiger partial charge in [-0.25, -0.2) is 17.9 Å². The van der Waals surface area contributed by atoms with Gasteiger partial charge in [0.15, 0.2) is 17.5 Å². The molecular formula is C15H15F3N6O2. The average Bonchev–Trinajstić information content (AvgIpc) is 3.10. The van der Waals surface area contributed by atoms with Crippen LogP contribution in [0.1, 0.15) is 25.8 Å². The lowest BCUT2D eigenvalue weighted by Gasteiger charge is -2.37. The van der Waals surface area contributed by atoms with E-state index in [1.165, 1.54) is 10.9 Å². The first-order valence-electron chi connectivity index (χ1n) is 7.89. The third-order valence-electron chi connectivity index (χ3n) is 4.26. The Kier molecular flexibility index (Phi) is 5.12. The third kappa shape index (κ3) is 3.36. The number of rotatable bonds is 4. The topological polar surface area (TPSA) is 109 Å². The summed E-state index contributed by atoms with van der Waals surface area (Å²) < 4.78 is 46.7. The molecule has 1 aliphatic rings. The van der Waals surface area contributed by atoms with Crippen molar-refractivity contribution in [2.75, 3.05) is 0 Å². The second-order valence-corrected chi connectivity index (χ2v) is 5.87. The van der Waals surface area contributed by atoms with Gasteiger partial charge in [0.1, 0.15) is 18.0 Å². The van der Waals surface area contributed by atoms with Gasteiger partial charge in [-0.1, -0.05) is 17.3 Å². The maximum atomic E-state index is 13.4. The van der Waals surface area contributed by atoms with Crippen LogP contribution >= 0.6 is 0 Å². The maximum absolute atomic E-state index is 13.4. The van der Waals surface area contributed by atoms with Crippen molar-refractivity contribution < 1.29 is 23.0 Å². The highest BCUT2D eigenvalue weighted by Crippen LogP contribution is 2.32. The first kappa shape index (κ1) is 18.2. The lowest BCUT2D eigenvalue weighted by molar-refractivity contribution is -0.140. The Labute approximate surface area is 145 Å². The SMILES string of the molecule is CC[C@H]1O[C@@H](N=[N+]=[N-])C[C@@H](n2cc(-c3cc(F)c(F)c(F)c3)nn2)[C@@H]1O. The van der Waals surface area contributed by atoms with Crippen molar-refractivity contribution in [1.82, 2.24) is 15.0 Å². The van der Waals surface area contributed by atoms with Crippen LogP contribution in [0, 0.1) is 17.5 Å². The van der Waals surface area contributed by atoms with E-state index in [9.17, 15) is 18.3 Å². The Balaban J connectivity index is 1.91. The van der Waals surface area contributed by atoms with Gasteiger partial charge < -0.3 is 9.84 Å². The number of aliphatic hydroxyl groups excluding tert-OH is 1. The number of ether oxygens (including phenoxy) is 1. The minimum Gasteiger partial charge on any atom is -0.388 e. The van der Waals surface area contributed by atoms with Gasteiger partial charge in [-0.2, -0.15) is 0 Å². The molecule has 4 atom stereocenters. The molecule has 1 N–H and O–H groups in total. The second-order valence-electron chi connectivity index (χ2n) is 5.87. The molecule has 2 heterocycles. The molecular weight excluding hydrogens is 353 g/mol. The van der Waals surface area contributed by atoms with E-state index in [4.69, 9.17) is 10.3 Å². The van der Waals surface area contributed by atoms with Crippen LogP contribution in [0.2, 0.25) is 0 Å². The fraction of sp³-hybridized carbons (Fsp3) is 0.467. The summed E-state index contributed by atoms with van der Waals surface area (Å²) in [6, 6.07) is 1.01. The number of aromatic nitrogens is 3. The maximum Gasteiger partial charge on any atom is 0.194 e. The zero-order chi connectivity index (χ0) is 18.8. The Morgan fingerprint density at radius 2 is 2.08 bits per heavy atom. The van der Waals surface area contributed by atoms with Gasteiger partial charge in [-0.3, -0.25) is 0 Å². The van der Waals surface area contributed by atoms with Gasteiger partial charge in [0.05, 0.1) is 18.3 Å². The van der Waals surface area contributed by atoms with Gasteiger partial charge in [-0.15, -0.1) is 5.10 Å². The van der Waals surface area contributed by atoms with Crippen LogP contribution < -0.4 is 0 Å². The van der Waals surface area contributed by atoms with Crippen molar-refractivity contribution in [3.05, 3.63) is 46.2 Å². The highest BCUT2D eigenvalue weighted by atomic mass is 19.2. The zero-order valence-electron chi connectivity index (χ0n) is 13.6. The van der Waals surface area contributed by atoms with Crippen molar-refractivity contribution >= 4 is 0 Å². The highest BCUT2D eigenvalue weighted by Gasteiger charge is 2.38. The normalized spacial score (nSPS) is 25.7. The predicted octanol–water partition coefficient (Wildman–Crippen LogP) is 3.10. The quantitative estimate of drug-likeness (QED) is 0.387. The molecule has 11 heteroatoms. The summed E-state index contributed by atoms with van der Waals surface area (Å²) >= 11 is 0. The monoisotopic (exact) mass is 368 g/mol. The first-order chi connectivity index (χ1) is 12.4. The van der Waals surface area contributed by atoms with E-state index < -0.39 is 41.9 Å². The molecule has 1 saturated heterocycles. The zero-order valence-corrected chi connectivity index (χ0v) is 13.6. The number of azide groups is 1. The number of benzene rings is 1. The largest absolute Gasteiger partial charge is 0.388 e. The molecule has 1 fully saturated rings. The molecule has 1 aromatic carbocycles. The fourth-order valence-electron chi connectivity index (χ4n) is 2.94. The highest BCUT2D eigenvalue weighted by molar-refractivity contribution is 5.57. The summed E-state index contributed by atoms with van der Waals surface area (Å²) in [5.74, 6) is -4.24. The molecule has 2 aromatic rings. The van der Waals surface area contributed by atoms with Crippen LogP contribution in [-0.2, 0) is 4.74 Å². The van der Waals surface area contributed by atoms with Crippen LogP contribution in [0.25, 0.3) is 21.7 Å². The lowest BCUT2D eigenvalue weighted by Crippen LogP contribution is -2.45. The molecule has 0 spiro atoms. The number of aliphatic hydroxyl groups is 1. The predicted molar refractivity (Wildman–Crippen MR) is 83.1 cm³/mol.